The van der Waals surface area contributed by atoms with Crippen LogP contribution in [0, 0.1) is 16.0 Å². The van der Waals surface area contributed by atoms with Crippen LogP contribution in [0.1, 0.15) is 35.1 Å². The summed E-state index contributed by atoms with van der Waals surface area (Å²) in [7, 11) is 0. The van der Waals surface area contributed by atoms with Gasteiger partial charge < -0.3 is 10.1 Å². The highest BCUT2D eigenvalue weighted by Gasteiger charge is 2.38. The predicted octanol–water partition coefficient (Wildman–Crippen LogP) is 7.31. The number of nitro groups is 1. The van der Waals surface area contributed by atoms with Crippen molar-refractivity contribution < 1.29 is 9.66 Å². The highest BCUT2D eigenvalue weighted by atomic mass is 35.5. The maximum absolute atomic E-state index is 10.8. The predicted molar refractivity (Wildman–Crippen MR) is 127 cm³/mol. The van der Waals surface area contributed by atoms with Gasteiger partial charge in [0.25, 0.3) is 5.69 Å². The van der Waals surface area contributed by atoms with Crippen LogP contribution >= 0.6 is 23.2 Å². The first-order valence-electron chi connectivity index (χ1n) is 10.4. The first-order valence-corrected chi connectivity index (χ1v) is 11.1. The fraction of sp³-hybridized carbons (Fsp3) is 0.200. The van der Waals surface area contributed by atoms with Crippen LogP contribution in [-0.2, 0) is 6.61 Å². The zero-order valence-electron chi connectivity index (χ0n) is 17.0. The molecule has 0 unspecified atom stereocenters. The average Bonchev–Trinajstić information content (AvgIpc) is 3.30. The highest BCUT2D eigenvalue weighted by Crippen LogP contribution is 2.52. The summed E-state index contributed by atoms with van der Waals surface area (Å²) in [6.45, 7) is 0.342. The summed E-state index contributed by atoms with van der Waals surface area (Å²) in [5.74, 6) is 1.46. The number of benzene rings is 3. The summed E-state index contributed by atoms with van der Waals surface area (Å²) in [4.78, 5) is 10.4. The molecule has 1 aliphatic heterocycles. The van der Waals surface area contributed by atoms with Crippen LogP contribution < -0.4 is 10.1 Å². The molecule has 1 heterocycles. The number of non-ortho nitro benzene ring substituents is 1. The summed E-state index contributed by atoms with van der Waals surface area (Å²) in [6.07, 6.45) is 5.51. The number of hydrogen-bond acceptors (Lipinski definition) is 4. The van der Waals surface area contributed by atoms with E-state index >= 15 is 0 Å². The number of ether oxygens (including phenoxy) is 1. The Morgan fingerprint density at radius 1 is 1.03 bits per heavy atom. The van der Waals surface area contributed by atoms with E-state index in [4.69, 9.17) is 27.9 Å². The SMILES string of the molecule is O=[N+]([O-])c1ccc(COc2ccc([C@@H]3Nc4c(ccc(Cl)c4Cl)[C@@H]4C=CC[C@@H]43)cc2)cc1. The van der Waals surface area contributed by atoms with Gasteiger partial charge in [-0.2, -0.15) is 0 Å². The fourth-order valence-corrected chi connectivity index (χ4v) is 4.97. The highest BCUT2D eigenvalue weighted by molar-refractivity contribution is 6.43. The van der Waals surface area contributed by atoms with Gasteiger partial charge in [0.15, 0.2) is 0 Å². The Labute approximate surface area is 195 Å². The molecule has 1 N–H and O–H groups in total. The first-order chi connectivity index (χ1) is 15.5. The smallest absolute Gasteiger partial charge is 0.269 e. The van der Waals surface area contributed by atoms with E-state index in [0.717, 1.165) is 29.0 Å². The molecule has 3 atom stereocenters. The number of rotatable bonds is 5. The Hall–Kier alpha value is -3.02. The van der Waals surface area contributed by atoms with Gasteiger partial charge in [0.2, 0.25) is 0 Å². The molecule has 1 aliphatic carbocycles. The second-order valence-electron chi connectivity index (χ2n) is 8.08. The van der Waals surface area contributed by atoms with Crippen molar-refractivity contribution in [2.45, 2.75) is 25.0 Å². The molecule has 32 heavy (non-hydrogen) atoms. The van der Waals surface area contributed by atoms with Crippen LogP contribution in [0.25, 0.3) is 0 Å². The Balaban J connectivity index is 1.32. The van der Waals surface area contributed by atoms with Gasteiger partial charge in [-0.3, -0.25) is 10.1 Å². The molecule has 0 fully saturated rings. The third-order valence-corrected chi connectivity index (χ3v) is 7.02. The second-order valence-corrected chi connectivity index (χ2v) is 8.87. The van der Waals surface area contributed by atoms with E-state index in [1.165, 1.54) is 17.7 Å². The normalized spacial score (nSPS) is 20.9. The minimum atomic E-state index is -0.410. The molecule has 2 aliphatic rings. The van der Waals surface area contributed by atoms with Crippen molar-refractivity contribution in [2.75, 3.05) is 5.32 Å². The van der Waals surface area contributed by atoms with Crippen molar-refractivity contribution >= 4 is 34.6 Å². The number of halogens is 2. The number of anilines is 1. The van der Waals surface area contributed by atoms with Crippen molar-refractivity contribution in [1.29, 1.82) is 0 Å². The van der Waals surface area contributed by atoms with Gasteiger partial charge in [0, 0.05) is 18.1 Å². The third-order valence-electron chi connectivity index (χ3n) is 6.22. The van der Waals surface area contributed by atoms with E-state index in [2.05, 4.69) is 35.7 Å². The van der Waals surface area contributed by atoms with Crippen LogP contribution in [-0.4, -0.2) is 4.92 Å². The molecular formula is C25H20Cl2N2O3. The Bertz CT molecular complexity index is 1190. The van der Waals surface area contributed by atoms with E-state index < -0.39 is 4.92 Å². The van der Waals surface area contributed by atoms with Crippen LogP contribution in [0.5, 0.6) is 5.75 Å². The lowest BCUT2D eigenvalue weighted by Crippen LogP contribution is -2.29. The Morgan fingerprint density at radius 3 is 2.50 bits per heavy atom. The van der Waals surface area contributed by atoms with Crippen LogP contribution in [0.4, 0.5) is 11.4 Å². The van der Waals surface area contributed by atoms with Gasteiger partial charge in [-0.05, 0) is 59.4 Å². The molecule has 0 spiro atoms. The number of nitro benzene ring substituents is 1. The number of hydrogen-bond donors (Lipinski definition) is 1. The van der Waals surface area contributed by atoms with E-state index in [1.54, 1.807) is 12.1 Å². The van der Waals surface area contributed by atoms with Gasteiger partial charge in [0.1, 0.15) is 12.4 Å². The number of fused-ring (bicyclic) bond motifs is 3. The van der Waals surface area contributed by atoms with Crippen molar-refractivity contribution in [2.24, 2.45) is 5.92 Å². The van der Waals surface area contributed by atoms with Gasteiger partial charge in [-0.1, -0.05) is 53.6 Å². The fourth-order valence-electron chi connectivity index (χ4n) is 4.58. The molecule has 0 amide bonds. The van der Waals surface area contributed by atoms with Gasteiger partial charge in [-0.15, -0.1) is 0 Å². The van der Waals surface area contributed by atoms with Crippen LogP contribution in [0.3, 0.4) is 0 Å². The molecule has 0 aromatic heterocycles. The van der Waals surface area contributed by atoms with Crippen LogP contribution in [0.2, 0.25) is 10.0 Å². The maximum atomic E-state index is 10.8. The molecular weight excluding hydrogens is 447 g/mol. The lowest BCUT2D eigenvalue weighted by Gasteiger charge is -2.38. The van der Waals surface area contributed by atoms with Crippen LogP contribution in [0.15, 0.2) is 72.8 Å². The first kappa shape index (κ1) is 20.9. The van der Waals surface area contributed by atoms with E-state index in [0.29, 0.717) is 28.5 Å². The monoisotopic (exact) mass is 466 g/mol. The third kappa shape index (κ3) is 3.83. The zero-order chi connectivity index (χ0) is 22.2. The Morgan fingerprint density at radius 2 is 1.78 bits per heavy atom. The number of nitrogens with zero attached hydrogens (tertiary/aromatic N) is 1. The molecule has 3 aromatic rings. The maximum Gasteiger partial charge on any atom is 0.269 e. The molecule has 0 saturated heterocycles. The zero-order valence-corrected chi connectivity index (χ0v) is 18.5. The summed E-state index contributed by atoms with van der Waals surface area (Å²) >= 11 is 12.8. The standard InChI is InChI=1S/C25H20Cl2N2O3/c26-22-13-12-21-19-2-1-3-20(19)24(28-25(21)23(22)27)16-6-10-18(11-7-16)32-14-15-4-8-17(9-5-15)29(30)31/h1-2,4-13,19-20,24,28H,3,14H2/t19-,20+,24+/m1/s1. The second kappa shape index (κ2) is 8.49. The number of allylic oxidation sites excluding steroid dienone is 2. The quantitative estimate of drug-likeness (QED) is 0.243. The lowest BCUT2D eigenvalue weighted by atomic mass is 9.77. The number of nitrogens with one attached hydrogen (secondary N) is 1. The summed E-state index contributed by atoms with van der Waals surface area (Å²) in [5, 5.41) is 15.5. The summed E-state index contributed by atoms with van der Waals surface area (Å²) in [6, 6.07) is 18.5. The molecule has 0 saturated carbocycles. The van der Waals surface area contributed by atoms with E-state index in [-0.39, 0.29) is 11.7 Å². The molecule has 0 bridgehead atoms. The van der Waals surface area contributed by atoms with Crippen molar-refractivity contribution in [3.8, 4) is 5.75 Å². The molecule has 7 heteroatoms. The summed E-state index contributed by atoms with van der Waals surface area (Å²) in [5.41, 5.74) is 4.21. The minimum Gasteiger partial charge on any atom is -0.489 e. The molecule has 0 radical (unpaired) electrons. The Kier molecular flexibility index (Phi) is 5.53. The molecule has 5 rings (SSSR count). The van der Waals surface area contributed by atoms with Crippen molar-refractivity contribution in [3.05, 3.63) is 110 Å². The van der Waals surface area contributed by atoms with E-state index in [9.17, 15) is 10.1 Å². The largest absolute Gasteiger partial charge is 0.489 e. The lowest BCUT2D eigenvalue weighted by molar-refractivity contribution is -0.384. The minimum absolute atomic E-state index is 0.0701. The van der Waals surface area contributed by atoms with E-state index in [1.807, 2.05) is 18.2 Å². The topological polar surface area (TPSA) is 64.4 Å². The summed E-state index contributed by atoms with van der Waals surface area (Å²) < 4.78 is 5.87. The van der Waals surface area contributed by atoms with Gasteiger partial charge in [0.05, 0.1) is 26.7 Å². The average molecular weight is 467 g/mol. The van der Waals surface area contributed by atoms with Gasteiger partial charge in [-0.25, -0.2) is 0 Å². The molecule has 5 nitrogen and oxygen atoms in total. The van der Waals surface area contributed by atoms with Crippen molar-refractivity contribution in [3.63, 3.8) is 0 Å². The molecule has 162 valence electrons. The molecule has 3 aromatic carbocycles. The van der Waals surface area contributed by atoms with Gasteiger partial charge >= 0.3 is 0 Å². The van der Waals surface area contributed by atoms with Crippen molar-refractivity contribution in [1.82, 2.24) is 0 Å².